The van der Waals surface area contributed by atoms with E-state index in [1.165, 1.54) is 24.3 Å². The van der Waals surface area contributed by atoms with Crippen molar-refractivity contribution >= 4 is 5.69 Å². The van der Waals surface area contributed by atoms with Crippen LogP contribution in [0.2, 0.25) is 0 Å². The van der Waals surface area contributed by atoms with Crippen molar-refractivity contribution in [3.05, 3.63) is 69.3 Å². The molecule has 0 aromatic heterocycles. The third kappa shape index (κ3) is 4.76. The SMILES string of the molecule is COc1ccc(C)cc1CNC(CO)C(O)c1ccc([N+](=O)[O-])cc1. The Kier molecular flexibility index (Phi) is 6.46. The Morgan fingerprint density at radius 3 is 2.48 bits per heavy atom. The third-order valence-corrected chi connectivity index (χ3v) is 4.01. The van der Waals surface area contributed by atoms with E-state index in [1.54, 1.807) is 7.11 Å². The zero-order valence-electron chi connectivity index (χ0n) is 14.2. The van der Waals surface area contributed by atoms with E-state index in [2.05, 4.69) is 5.32 Å². The molecular formula is C18H22N2O5. The lowest BCUT2D eigenvalue weighted by molar-refractivity contribution is -0.384. The standard InChI is InChI=1S/C18H22N2O5/c1-12-3-8-17(25-2)14(9-12)10-19-16(11-21)18(22)13-4-6-15(7-5-13)20(23)24/h3-9,16,18-19,21-22H,10-11H2,1-2H3. The fourth-order valence-electron chi connectivity index (χ4n) is 2.59. The van der Waals surface area contributed by atoms with Crippen molar-refractivity contribution in [1.82, 2.24) is 5.32 Å². The number of nitro benzene ring substituents is 1. The van der Waals surface area contributed by atoms with Crippen LogP contribution in [0.5, 0.6) is 5.75 Å². The minimum Gasteiger partial charge on any atom is -0.496 e. The maximum atomic E-state index is 10.7. The van der Waals surface area contributed by atoms with Crippen LogP contribution in [-0.2, 0) is 6.54 Å². The lowest BCUT2D eigenvalue weighted by Gasteiger charge is -2.23. The zero-order valence-corrected chi connectivity index (χ0v) is 14.2. The first kappa shape index (κ1) is 18.9. The van der Waals surface area contributed by atoms with Crippen LogP contribution >= 0.6 is 0 Å². The highest BCUT2D eigenvalue weighted by Crippen LogP contribution is 2.23. The first-order valence-electron chi connectivity index (χ1n) is 7.86. The average molecular weight is 346 g/mol. The molecule has 2 atom stereocenters. The van der Waals surface area contributed by atoms with Crippen LogP contribution in [0.3, 0.4) is 0 Å². The van der Waals surface area contributed by atoms with Crippen LogP contribution < -0.4 is 10.1 Å². The maximum absolute atomic E-state index is 10.7. The summed E-state index contributed by atoms with van der Waals surface area (Å²) in [6.45, 7) is 2.09. The summed E-state index contributed by atoms with van der Waals surface area (Å²) in [4.78, 5) is 10.2. The molecule has 0 aliphatic carbocycles. The molecule has 0 heterocycles. The number of aryl methyl sites for hydroxylation is 1. The predicted octanol–water partition coefficient (Wildman–Crippen LogP) is 2.10. The van der Waals surface area contributed by atoms with Gasteiger partial charge in [0, 0.05) is 24.2 Å². The van der Waals surface area contributed by atoms with Crippen molar-refractivity contribution in [1.29, 1.82) is 0 Å². The van der Waals surface area contributed by atoms with Gasteiger partial charge in [-0.05, 0) is 30.7 Å². The molecule has 0 bridgehead atoms. The molecule has 25 heavy (non-hydrogen) atoms. The van der Waals surface area contributed by atoms with E-state index in [0.717, 1.165) is 16.9 Å². The van der Waals surface area contributed by atoms with Gasteiger partial charge in [0.05, 0.1) is 30.8 Å². The lowest BCUT2D eigenvalue weighted by Crippen LogP contribution is -2.37. The van der Waals surface area contributed by atoms with E-state index in [9.17, 15) is 20.3 Å². The second kappa shape index (κ2) is 8.57. The van der Waals surface area contributed by atoms with Gasteiger partial charge in [0.15, 0.2) is 0 Å². The molecule has 0 spiro atoms. The van der Waals surface area contributed by atoms with Crippen LogP contribution in [0, 0.1) is 17.0 Å². The fraction of sp³-hybridized carbons (Fsp3) is 0.333. The summed E-state index contributed by atoms with van der Waals surface area (Å²) < 4.78 is 5.32. The molecular weight excluding hydrogens is 324 g/mol. The number of benzene rings is 2. The van der Waals surface area contributed by atoms with Gasteiger partial charge in [-0.2, -0.15) is 0 Å². The number of hydrogen-bond acceptors (Lipinski definition) is 6. The predicted molar refractivity (Wildman–Crippen MR) is 93.5 cm³/mol. The van der Waals surface area contributed by atoms with Gasteiger partial charge in [0.1, 0.15) is 5.75 Å². The highest BCUT2D eigenvalue weighted by atomic mass is 16.6. The number of non-ortho nitro benzene ring substituents is 1. The van der Waals surface area contributed by atoms with E-state index in [4.69, 9.17) is 4.74 Å². The summed E-state index contributed by atoms with van der Waals surface area (Å²) >= 11 is 0. The minimum absolute atomic E-state index is 0.0473. The molecule has 3 N–H and O–H groups in total. The Balaban J connectivity index is 2.09. The van der Waals surface area contributed by atoms with Crippen molar-refractivity contribution < 1.29 is 19.9 Å². The number of aliphatic hydroxyl groups is 2. The molecule has 2 rings (SSSR count). The lowest BCUT2D eigenvalue weighted by atomic mass is 10.0. The molecule has 0 amide bonds. The Bertz CT molecular complexity index is 718. The number of nitrogens with one attached hydrogen (secondary N) is 1. The van der Waals surface area contributed by atoms with Crippen LogP contribution in [0.1, 0.15) is 22.8 Å². The van der Waals surface area contributed by atoms with E-state index in [1.807, 2.05) is 25.1 Å². The summed E-state index contributed by atoms with van der Waals surface area (Å²) in [6.07, 6.45) is -0.999. The number of nitro groups is 1. The fourth-order valence-corrected chi connectivity index (χ4v) is 2.59. The quantitative estimate of drug-likeness (QED) is 0.499. The second-order valence-electron chi connectivity index (χ2n) is 5.78. The molecule has 0 aliphatic heterocycles. The van der Waals surface area contributed by atoms with E-state index < -0.39 is 17.1 Å². The number of methoxy groups -OCH3 is 1. The normalized spacial score (nSPS) is 13.3. The van der Waals surface area contributed by atoms with Crippen molar-refractivity contribution in [3.63, 3.8) is 0 Å². The molecule has 0 fully saturated rings. The molecule has 7 heteroatoms. The summed E-state index contributed by atoms with van der Waals surface area (Å²) in [5.74, 6) is 0.722. The monoisotopic (exact) mass is 346 g/mol. The van der Waals surface area contributed by atoms with Gasteiger partial charge < -0.3 is 20.3 Å². The largest absolute Gasteiger partial charge is 0.496 e. The molecule has 134 valence electrons. The molecule has 2 aromatic rings. The Morgan fingerprint density at radius 1 is 1.24 bits per heavy atom. The van der Waals surface area contributed by atoms with E-state index >= 15 is 0 Å². The number of rotatable bonds is 8. The highest BCUT2D eigenvalue weighted by Gasteiger charge is 2.21. The molecule has 0 radical (unpaired) electrons. The first-order valence-corrected chi connectivity index (χ1v) is 7.86. The van der Waals surface area contributed by atoms with Crippen LogP contribution in [0.15, 0.2) is 42.5 Å². The Labute approximate surface area is 146 Å². The van der Waals surface area contributed by atoms with Gasteiger partial charge in [-0.25, -0.2) is 0 Å². The topological polar surface area (TPSA) is 105 Å². The number of hydrogen-bond donors (Lipinski definition) is 3. The van der Waals surface area contributed by atoms with Gasteiger partial charge in [0.2, 0.25) is 0 Å². The second-order valence-corrected chi connectivity index (χ2v) is 5.78. The van der Waals surface area contributed by atoms with Gasteiger partial charge in [-0.3, -0.25) is 10.1 Å². The van der Waals surface area contributed by atoms with Crippen molar-refractivity contribution in [3.8, 4) is 5.75 Å². The van der Waals surface area contributed by atoms with Crippen molar-refractivity contribution in [2.45, 2.75) is 25.6 Å². The van der Waals surface area contributed by atoms with Crippen LogP contribution in [0.4, 0.5) is 5.69 Å². The van der Waals surface area contributed by atoms with Gasteiger partial charge in [0.25, 0.3) is 5.69 Å². The minimum atomic E-state index is -0.999. The number of ether oxygens (including phenoxy) is 1. The summed E-state index contributed by atoms with van der Waals surface area (Å²) in [6, 6.07) is 10.8. The summed E-state index contributed by atoms with van der Waals surface area (Å²) in [5, 5.41) is 33.9. The Morgan fingerprint density at radius 2 is 1.92 bits per heavy atom. The maximum Gasteiger partial charge on any atom is 0.269 e. The van der Waals surface area contributed by atoms with Crippen LogP contribution in [0.25, 0.3) is 0 Å². The van der Waals surface area contributed by atoms with Crippen molar-refractivity contribution in [2.75, 3.05) is 13.7 Å². The van der Waals surface area contributed by atoms with Crippen molar-refractivity contribution in [2.24, 2.45) is 0 Å². The molecule has 0 aliphatic rings. The summed E-state index contributed by atoms with van der Waals surface area (Å²) in [7, 11) is 1.59. The van der Waals surface area contributed by atoms with E-state index in [0.29, 0.717) is 12.1 Å². The highest BCUT2D eigenvalue weighted by molar-refractivity contribution is 5.37. The molecule has 0 saturated carbocycles. The number of aliphatic hydroxyl groups excluding tert-OH is 2. The van der Waals surface area contributed by atoms with Gasteiger partial charge >= 0.3 is 0 Å². The summed E-state index contributed by atoms with van der Waals surface area (Å²) in [5.41, 5.74) is 2.44. The number of nitrogens with zero attached hydrogens (tertiary/aromatic N) is 1. The zero-order chi connectivity index (χ0) is 18.4. The average Bonchev–Trinajstić information content (AvgIpc) is 2.62. The molecule has 2 unspecified atom stereocenters. The van der Waals surface area contributed by atoms with Gasteiger partial charge in [-0.15, -0.1) is 0 Å². The smallest absolute Gasteiger partial charge is 0.269 e. The molecule has 2 aromatic carbocycles. The Hall–Kier alpha value is -2.48. The van der Waals surface area contributed by atoms with Gasteiger partial charge in [-0.1, -0.05) is 17.7 Å². The first-order chi connectivity index (χ1) is 12.0. The van der Waals surface area contributed by atoms with E-state index in [-0.39, 0.29) is 12.3 Å². The third-order valence-electron chi connectivity index (χ3n) is 4.01. The molecule has 7 nitrogen and oxygen atoms in total. The molecule has 0 saturated heterocycles. The van der Waals surface area contributed by atoms with Crippen LogP contribution in [-0.4, -0.2) is 34.9 Å².